The topological polar surface area (TPSA) is 17.5 Å². The highest BCUT2D eigenvalue weighted by Gasteiger charge is 2.16. The van der Waals surface area contributed by atoms with Crippen LogP contribution >= 0.6 is 0 Å². The van der Waals surface area contributed by atoms with E-state index < -0.39 is 0 Å². The van der Waals surface area contributed by atoms with Gasteiger partial charge in [-0.2, -0.15) is 4.40 Å². The molecule has 0 atom stereocenters. The van der Waals surface area contributed by atoms with Crippen LogP contribution in [0.4, 0.5) is 0 Å². The van der Waals surface area contributed by atoms with Crippen LogP contribution in [0.25, 0.3) is 5.65 Å². The molecule has 0 aliphatic carbocycles. The molecule has 0 aliphatic heterocycles. The Bertz CT molecular complexity index is 707. The van der Waals surface area contributed by atoms with Crippen molar-refractivity contribution in [3.8, 4) is 5.75 Å². The molecule has 3 nitrogen and oxygen atoms in total. The van der Waals surface area contributed by atoms with Crippen molar-refractivity contribution in [2.45, 2.75) is 13.5 Å². The van der Waals surface area contributed by atoms with E-state index >= 15 is 0 Å². The first-order valence-electron chi connectivity index (χ1n) is 6.36. The van der Waals surface area contributed by atoms with Gasteiger partial charge < -0.3 is 28.7 Å². The van der Waals surface area contributed by atoms with Gasteiger partial charge in [0.1, 0.15) is 18.9 Å². The number of nitrogens with zero attached hydrogens (tertiary/aromatic N) is 2. The van der Waals surface area contributed by atoms with E-state index in [-0.39, 0.29) is 24.0 Å². The first kappa shape index (κ1) is 14.8. The summed E-state index contributed by atoms with van der Waals surface area (Å²) in [5, 5.41) is 0. The summed E-state index contributed by atoms with van der Waals surface area (Å²) in [5.74, 6) is 0.904. The van der Waals surface area contributed by atoms with E-state index in [0.29, 0.717) is 0 Å². The van der Waals surface area contributed by atoms with Gasteiger partial charge in [-0.05, 0) is 24.1 Å². The van der Waals surface area contributed by atoms with Crippen LogP contribution in [-0.4, -0.2) is 11.5 Å². The van der Waals surface area contributed by atoms with E-state index in [1.807, 2.05) is 6.07 Å². The number of aromatic nitrogens is 2. The van der Waals surface area contributed by atoms with Crippen molar-refractivity contribution in [1.82, 2.24) is 4.40 Å². The molecule has 0 radical (unpaired) electrons. The molecule has 0 N–H and O–H groups in total. The summed E-state index contributed by atoms with van der Waals surface area (Å²) < 4.78 is 9.81. The second-order valence-electron chi connectivity index (χ2n) is 4.73. The number of halogens is 1. The molecule has 0 amide bonds. The van der Waals surface area contributed by atoms with E-state index in [4.69, 9.17) is 4.74 Å². The molecule has 0 aliphatic rings. The molecule has 1 aromatic carbocycles. The molecule has 3 rings (SSSR count). The van der Waals surface area contributed by atoms with E-state index in [0.717, 1.165) is 17.9 Å². The van der Waals surface area contributed by atoms with E-state index in [9.17, 15) is 0 Å². The minimum absolute atomic E-state index is 0. The smallest absolute Gasteiger partial charge is 0.329 e. The van der Waals surface area contributed by atoms with Gasteiger partial charge in [0.05, 0.1) is 13.3 Å². The van der Waals surface area contributed by atoms with Gasteiger partial charge in [-0.25, -0.2) is 4.57 Å². The average molecular weight is 380 g/mol. The highest BCUT2D eigenvalue weighted by molar-refractivity contribution is 5.50. The molecular formula is C16H17IN2O. The quantitative estimate of drug-likeness (QED) is 0.447. The molecule has 0 fully saturated rings. The number of rotatable bonds is 3. The molecular weight excluding hydrogens is 363 g/mol. The van der Waals surface area contributed by atoms with Crippen molar-refractivity contribution in [3.63, 3.8) is 0 Å². The van der Waals surface area contributed by atoms with Gasteiger partial charge in [0, 0.05) is 0 Å². The Hall–Kier alpha value is -1.56. The minimum atomic E-state index is 0. The third-order valence-corrected chi connectivity index (χ3v) is 3.26. The Kier molecular flexibility index (Phi) is 4.65. The summed E-state index contributed by atoms with van der Waals surface area (Å²) in [6.07, 6.45) is 6.26. The number of ether oxygens (including phenoxy) is 1. The van der Waals surface area contributed by atoms with Crippen molar-refractivity contribution in [2.75, 3.05) is 7.11 Å². The van der Waals surface area contributed by atoms with Crippen LogP contribution in [0.2, 0.25) is 0 Å². The van der Waals surface area contributed by atoms with Crippen molar-refractivity contribution >= 4 is 5.65 Å². The van der Waals surface area contributed by atoms with Crippen molar-refractivity contribution in [1.29, 1.82) is 0 Å². The number of hydrogen-bond acceptors (Lipinski definition) is 1. The van der Waals surface area contributed by atoms with Gasteiger partial charge in [-0.15, -0.1) is 0 Å². The lowest BCUT2D eigenvalue weighted by Gasteiger charge is -2.03. The van der Waals surface area contributed by atoms with Gasteiger partial charge in [0.2, 0.25) is 5.75 Å². The average Bonchev–Trinajstić information content (AvgIpc) is 2.82. The van der Waals surface area contributed by atoms with Crippen molar-refractivity contribution in [3.05, 3.63) is 66.1 Å². The van der Waals surface area contributed by atoms with Crippen LogP contribution in [-0.2, 0) is 6.54 Å². The molecule has 2 heterocycles. The summed E-state index contributed by atoms with van der Waals surface area (Å²) in [6, 6.07) is 12.5. The summed E-state index contributed by atoms with van der Waals surface area (Å²) in [5.41, 5.74) is 3.55. The molecule has 0 bridgehead atoms. The van der Waals surface area contributed by atoms with Crippen LogP contribution in [0.5, 0.6) is 5.75 Å². The summed E-state index contributed by atoms with van der Waals surface area (Å²) in [7, 11) is 1.72. The molecule has 2 aromatic heterocycles. The lowest BCUT2D eigenvalue weighted by molar-refractivity contribution is -0.662. The van der Waals surface area contributed by atoms with Crippen LogP contribution in [0.3, 0.4) is 0 Å². The summed E-state index contributed by atoms with van der Waals surface area (Å²) in [6.45, 7) is 2.92. The molecule has 3 aromatic rings. The Morgan fingerprint density at radius 1 is 1.20 bits per heavy atom. The molecule has 0 unspecified atom stereocenters. The zero-order chi connectivity index (χ0) is 13.2. The van der Waals surface area contributed by atoms with Crippen LogP contribution in [0.1, 0.15) is 11.1 Å². The zero-order valence-electron chi connectivity index (χ0n) is 11.6. The fourth-order valence-electron chi connectivity index (χ4n) is 2.40. The monoisotopic (exact) mass is 380 g/mol. The number of hydrogen-bond donors (Lipinski definition) is 0. The number of fused-ring (bicyclic) bond motifs is 1. The van der Waals surface area contributed by atoms with Crippen molar-refractivity contribution < 1.29 is 33.3 Å². The first-order valence-corrected chi connectivity index (χ1v) is 6.36. The Morgan fingerprint density at radius 2 is 1.95 bits per heavy atom. The Balaban J connectivity index is 0.00000147. The molecule has 0 saturated heterocycles. The van der Waals surface area contributed by atoms with E-state index in [1.54, 1.807) is 7.11 Å². The SMILES string of the molecule is COc1cc(C)cn2cc[n+](Cc3ccccc3)c12.[I-]. The van der Waals surface area contributed by atoms with E-state index in [1.165, 1.54) is 11.1 Å². The van der Waals surface area contributed by atoms with E-state index in [2.05, 4.69) is 64.8 Å². The molecule has 104 valence electrons. The van der Waals surface area contributed by atoms with Crippen LogP contribution < -0.4 is 33.3 Å². The fourth-order valence-corrected chi connectivity index (χ4v) is 2.40. The van der Waals surface area contributed by atoms with Gasteiger partial charge in [0.25, 0.3) is 0 Å². The molecule has 0 saturated carbocycles. The largest absolute Gasteiger partial charge is 1.00 e. The minimum Gasteiger partial charge on any atom is -1.00 e. The summed E-state index contributed by atoms with van der Waals surface area (Å²) >= 11 is 0. The maximum absolute atomic E-state index is 5.50. The number of methoxy groups -OCH3 is 1. The lowest BCUT2D eigenvalue weighted by atomic mass is 10.2. The second-order valence-corrected chi connectivity index (χ2v) is 4.73. The molecule has 20 heavy (non-hydrogen) atoms. The standard InChI is InChI=1S/C16H17N2O.HI/c1-13-10-15(19-2)16-17(11-13)8-9-18(16)12-14-6-4-3-5-7-14;/h3-11H,12H2,1-2H3;1H/q+1;/p-1. The maximum atomic E-state index is 5.50. The van der Waals surface area contributed by atoms with Crippen LogP contribution in [0.15, 0.2) is 55.0 Å². The predicted octanol–water partition coefficient (Wildman–Crippen LogP) is -0.404. The molecule has 4 heteroatoms. The van der Waals surface area contributed by atoms with Gasteiger partial charge in [-0.1, -0.05) is 30.3 Å². The Labute approximate surface area is 135 Å². The van der Waals surface area contributed by atoms with Gasteiger partial charge in [-0.3, -0.25) is 0 Å². The third-order valence-electron chi connectivity index (χ3n) is 3.26. The van der Waals surface area contributed by atoms with Gasteiger partial charge >= 0.3 is 5.65 Å². The number of aryl methyl sites for hydroxylation is 1. The highest BCUT2D eigenvalue weighted by atomic mass is 127. The second kappa shape index (κ2) is 6.26. The fraction of sp³-hybridized carbons (Fsp3) is 0.188. The van der Waals surface area contributed by atoms with Gasteiger partial charge in [0.15, 0.2) is 0 Å². The predicted molar refractivity (Wildman–Crippen MR) is 74.4 cm³/mol. The normalized spacial score (nSPS) is 10.3. The number of imidazole rings is 1. The maximum Gasteiger partial charge on any atom is 0.329 e. The summed E-state index contributed by atoms with van der Waals surface area (Å²) in [4.78, 5) is 0. The third kappa shape index (κ3) is 2.80. The first-order chi connectivity index (χ1) is 9.28. The Morgan fingerprint density at radius 3 is 2.65 bits per heavy atom. The van der Waals surface area contributed by atoms with Crippen molar-refractivity contribution in [2.24, 2.45) is 0 Å². The highest BCUT2D eigenvalue weighted by Crippen LogP contribution is 2.18. The molecule has 0 spiro atoms. The number of pyridine rings is 1. The zero-order valence-corrected chi connectivity index (χ0v) is 13.7. The van der Waals surface area contributed by atoms with Crippen LogP contribution in [0, 0.1) is 6.92 Å². The lowest BCUT2D eigenvalue weighted by Crippen LogP contribution is -3.00. The number of benzene rings is 1.